The normalized spacial score (nSPS) is 11.8. The van der Waals surface area contributed by atoms with E-state index >= 15 is 0 Å². The van der Waals surface area contributed by atoms with E-state index in [0.717, 1.165) is 24.7 Å². The van der Waals surface area contributed by atoms with Crippen LogP contribution in [-0.2, 0) is 11.3 Å². The van der Waals surface area contributed by atoms with Crippen LogP contribution in [0.3, 0.4) is 0 Å². The fraction of sp³-hybridized carbons (Fsp3) is 0.667. The third-order valence-electron chi connectivity index (χ3n) is 2.97. The molecule has 1 atom stereocenters. The van der Waals surface area contributed by atoms with Crippen LogP contribution < -0.4 is 10.2 Å². The quantitative estimate of drug-likeness (QED) is 0.753. The molecule has 1 aromatic rings. The Morgan fingerprint density at radius 3 is 2.71 bits per heavy atom. The van der Waals surface area contributed by atoms with Crippen LogP contribution in [0.25, 0.3) is 0 Å². The first-order chi connectivity index (χ1) is 10.1. The Balaban J connectivity index is 3.01. The first-order valence-electron chi connectivity index (χ1n) is 7.48. The number of aromatic nitrogens is 2. The van der Waals surface area contributed by atoms with Gasteiger partial charge in [-0.25, -0.2) is 9.97 Å². The van der Waals surface area contributed by atoms with Crippen molar-refractivity contribution in [3.63, 3.8) is 0 Å². The molecular weight excluding hydrogens is 266 g/mol. The summed E-state index contributed by atoms with van der Waals surface area (Å²) in [5.41, 5.74) is 0. The number of rotatable bonds is 9. The zero-order valence-electron chi connectivity index (χ0n) is 13.4. The van der Waals surface area contributed by atoms with Gasteiger partial charge in [0.1, 0.15) is 18.2 Å². The lowest BCUT2D eigenvalue weighted by molar-refractivity contribution is 0.128. The average molecular weight is 291 g/mol. The number of ether oxygens (including phenoxy) is 1. The number of nitrogens with one attached hydrogen (secondary N) is 1. The van der Waals surface area contributed by atoms with Crippen molar-refractivity contribution < 1.29 is 4.74 Å². The number of nitrogens with zero attached hydrogens (tertiary/aromatic N) is 4. The maximum absolute atomic E-state index is 8.99. The van der Waals surface area contributed by atoms with Crippen LogP contribution in [0.1, 0.15) is 33.5 Å². The minimum atomic E-state index is -0.0437. The molecule has 0 bridgehead atoms. The van der Waals surface area contributed by atoms with E-state index in [0.29, 0.717) is 25.6 Å². The van der Waals surface area contributed by atoms with Gasteiger partial charge in [-0.1, -0.05) is 0 Å². The Kier molecular flexibility index (Phi) is 7.48. The zero-order chi connectivity index (χ0) is 15.7. The molecule has 0 saturated heterocycles. The Labute approximate surface area is 127 Å². The second kappa shape index (κ2) is 9.14. The lowest BCUT2D eigenvalue weighted by atomic mass is 10.2. The molecule has 1 N–H and O–H groups in total. The Morgan fingerprint density at radius 2 is 2.14 bits per heavy atom. The summed E-state index contributed by atoms with van der Waals surface area (Å²) in [5.74, 6) is 2.24. The predicted octanol–water partition coefficient (Wildman–Crippen LogP) is 2.43. The molecule has 0 aromatic carbocycles. The Bertz CT molecular complexity index is 472. The van der Waals surface area contributed by atoms with E-state index in [9.17, 15) is 0 Å². The minimum absolute atomic E-state index is 0.0437. The topological polar surface area (TPSA) is 74.1 Å². The molecule has 0 aliphatic rings. The maximum Gasteiger partial charge on any atom is 0.158 e. The molecule has 0 aliphatic heterocycles. The van der Waals surface area contributed by atoms with Crippen LogP contribution in [0.2, 0.25) is 0 Å². The summed E-state index contributed by atoms with van der Waals surface area (Å²) >= 11 is 0. The van der Waals surface area contributed by atoms with Crippen molar-refractivity contribution in [2.75, 3.05) is 36.5 Å². The highest BCUT2D eigenvalue weighted by Crippen LogP contribution is 2.17. The second-order valence-corrected chi connectivity index (χ2v) is 4.76. The molecule has 0 amide bonds. The van der Waals surface area contributed by atoms with Crippen molar-refractivity contribution >= 4 is 11.6 Å². The van der Waals surface area contributed by atoms with Crippen molar-refractivity contribution in [1.29, 1.82) is 5.26 Å². The maximum atomic E-state index is 8.99. The molecule has 0 aliphatic carbocycles. The molecule has 6 nitrogen and oxygen atoms in total. The van der Waals surface area contributed by atoms with Crippen molar-refractivity contribution in [3.8, 4) is 6.07 Å². The molecule has 21 heavy (non-hydrogen) atoms. The van der Waals surface area contributed by atoms with Crippen LogP contribution in [0.5, 0.6) is 0 Å². The summed E-state index contributed by atoms with van der Waals surface area (Å²) in [4.78, 5) is 11.1. The molecule has 0 radical (unpaired) electrons. The summed E-state index contributed by atoms with van der Waals surface area (Å²) in [6, 6.07) is 4.19. The number of nitriles is 1. The highest BCUT2D eigenvalue weighted by atomic mass is 16.5. The first-order valence-corrected chi connectivity index (χ1v) is 7.48. The van der Waals surface area contributed by atoms with Gasteiger partial charge in [0.15, 0.2) is 5.82 Å². The van der Waals surface area contributed by atoms with Gasteiger partial charge in [0.2, 0.25) is 0 Å². The van der Waals surface area contributed by atoms with Gasteiger partial charge in [-0.05, 0) is 27.7 Å². The second-order valence-electron chi connectivity index (χ2n) is 4.76. The molecule has 116 valence electrons. The summed E-state index contributed by atoms with van der Waals surface area (Å²) in [6.45, 7) is 11.2. The van der Waals surface area contributed by atoms with Gasteiger partial charge in [0.05, 0.1) is 12.0 Å². The minimum Gasteiger partial charge on any atom is -0.374 e. The van der Waals surface area contributed by atoms with Gasteiger partial charge in [-0.2, -0.15) is 5.26 Å². The van der Waals surface area contributed by atoms with Crippen molar-refractivity contribution in [3.05, 3.63) is 11.9 Å². The Hall–Kier alpha value is -1.87. The van der Waals surface area contributed by atoms with Gasteiger partial charge in [0, 0.05) is 32.3 Å². The molecule has 6 heteroatoms. The van der Waals surface area contributed by atoms with E-state index in [4.69, 9.17) is 10.00 Å². The van der Waals surface area contributed by atoms with Crippen LogP contribution in [0.15, 0.2) is 6.07 Å². The van der Waals surface area contributed by atoms with Gasteiger partial charge < -0.3 is 15.0 Å². The predicted molar refractivity (Wildman–Crippen MR) is 84.2 cm³/mol. The lowest BCUT2D eigenvalue weighted by Gasteiger charge is -2.24. The van der Waals surface area contributed by atoms with E-state index in [1.54, 1.807) is 0 Å². The summed E-state index contributed by atoms with van der Waals surface area (Å²) in [5, 5.41) is 12.2. The van der Waals surface area contributed by atoms with Crippen molar-refractivity contribution in [2.24, 2.45) is 5.92 Å². The monoisotopic (exact) mass is 291 g/mol. The molecule has 0 spiro atoms. The fourth-order valence-corrected chi connectivity index (χ4v) is 1.93. The summed E-state index contributed by atoms with van der Waals surface area (Å²) < 4.78 is 5.40. The third-order valence-corrected chi connectivity index (χ3v) is 2.97. The first kappa shape index (κ1) is 17.2. The zero-order valence-corrected chi connectivity index (χ0v) is 13.4. The standard InChI is InChI=1S/C15H25N5O/c1-5-17-13-8-15(19-14(18-13)11-21-7-3)20(6-2)10-12(4)9-16/h8,12H,5-7,10-11H2,1-4H3,(H,17,18,19). The molecular formula is C15H25N5O. The average Bonchev–Trinajstić information content (AvgIpc) is 2.50. The number of hydrogen-bond donors (Lipinski definition) is 1. The molecule has 0 fully saturated rings. The summed E-state index contributed by atoms with van der Waals surface area (Å²) in [7, 11) is 0. The van der Waals surface area contributed by atoms with Gasteiger partial charge >= 0.3 is 0 Å². The third kappa shape index (κ3) is 5.56. The van der Waals surface area contributed by atoms with Crippen LogP contribution in [-0.4, -0.2) is 36.2 Å². The lowest BCUT2D eigenvalue weighted by Crippen LogP contribution is -2.29. The molecule has 1 rings (SSSR count). The van der Waals surface area contributed by atoms with E-state index in [1.165, 1.54) is 0 Å². The number of hydrogen-bond acceptors (Lipinski definition) is 6. The van der Waals surface area contributed by atoms with Crippen LogP contribution in [0.4, 0.5) is 11.6 Å². The summed E-state index contributed by atoms with van der Waals surface area (Å²) in [6.07, 6.45) is 0. The largest absolute Gasteiger partial charge is 0.374 e. The van der Waals surface area contributed by atoms with E-state index < -0.39 is 0 Å². The molecule has 1 unspecified atom stereocenters. The molecule has 1 heterocycles. The van der Waals surface area contributed by atoms with Gasteiger partial charge in [0.25, 0.3) is 0 Å². The number of anilines is 2. The van der Waals surface area contributed by atoms with E-state index in [1.807, 2.05) is 26.8 Å². The van der Waals surface area contributed by atoms with Gasteiger partial charge in [-0.15, -0.1) is 0 Å². The van der Waals surface area contributed by atoms with E-state index in [2.05, 4.69) is 33.2 Å². The highest BCUT2D eigenvalue weighted by molar-refractivity contribution is 5.49. The van der Waals surface area contributed by atoms with E-state index in [-0.39, 0.29) is 5.92 Å². The SMILES string of the molecule is CCNc1cc(N(CC)CC(C)C#N)nc(COCC)n1. The van der Waals surface area contributed by atoms with Crippen molar-refractivity contribution in [1.82, 2.24) is 9.97 Å². The smallest absolute Gasteiger partial charge is 0.158 e. The highest BCUT2D eigenvalue weighted by Gasteiger charge is 2.13. The molecule has 1 aromatic heterocycles. The van der Waals surface area contributed by atoms with Gasteiger partial charge in [-0.3, -0.25) is 0 Å². The van der Waals surface area contributed by atoms with Crippen LogP contribution in [0, 0.1) is 17.2 Å². The van der Waals surface area contributed by atoms with Crippen molar-refractivity contribution in [2.45, 2.75) is 34.3 Å². The van der Waals surface area contributed by atoms with Crippen LogP contribution >= 0.6 is 0 Å². The fourth-order valence-electron chi connectivity index (χ4n) is 1.93. The molecule has 0 saturated carbocycles. The Morgan fingerprint density at radius 1 is 1.38 bits per heavy atom.